The van der Waals surface area contributed by atoms with Crippen LogP contribution >= 0.6 is 11.6 Å². The summed E-state index contributed by atoms with van der Waals surface area (Å²) in [4.78, 5) is 38.0. The number of ether oxygens (including phenoxy) is 1. The van der Waals surface area contributed by atoms with E-state index >= 15 is 0 Å². The second-order valence-electron chi connectivity index (χ2n) is 7.60. The number of hydrogen-bond donors (Lipinski definition) is 2. The minimum Gasteiger partial charge on any atom is -0.464 e. The van der Waals surface area contributed by atoms with Gasteiger partial charge >= 0.3 is 5.97 Å². The minimum absolute atomic E-state index is 0.0556. The Morgan fingerprint density at radius 1 is 1.00 bits per heavy atom. The highest BCUT2D eigenvalue weighted by molar-refractivity contribution is 6.35. The van der Waals surface area contributed by atoms with Gasteiger partial charge in [0.2, 0.25) is 0 Å². The number of halogens is 1. The van der Waals surface area contributed by atoms with E-state index in [1.807, 2.05) is 54.6 Å². The van der Waals surface area contributed by atoms with Crippen molar-refractivity contribution < 1.29 is 9.53 Å². The topological polar surface area (TPSA) is 97.0 Å². The average molecular weight is 471 g/mol. The van der Waals surface area contributed by atoms with Gasteiger partial charge in [0.25, 0.3) is 0 Å². The van der Waals surface area contributed by atoms with E-state index in [0.717, 1.165) is 16.5 Å². The van der Waals surface area contributed by atoms with Crippen LogP contribution in [0.15, 0.2) is 77.9 Å². The Balaban J connectivity index is 1.67. The number of fused-ring (bicyclic) bond motifs is 2. The van der Waals surface area contributed by atoms with Crippen molar-refractivity contribution in [2.24, 2.45) is 0 Å². The summed E-state index contributed by atoms with van der Waals surface area (Å²) < 4.78 is 4.98. The number of carbonyl (C=O) groups excluding carboxylic acids is 1. The lowest BCUT2D eigenvalue weighted by Crippen LogP contribution is -2.22. The molecule has 5 aromatic rings. The SMILES string of the molecule is COC(=O)c1[nH]c2c(-c3ccccc3)c(Cl)ccc2c(=O)c1CNc1ncnc2ccccc12. The number of aromatic nitrogens is 3. The van der Waals surface area contributed by atoms with Crippen LogP contribution in [0.3, 0.4) is 0 Å². The summed E-state index contributed by atoms with van der Waals surface area (Å²) in [6.45, 7) is 0.0556. The first-order valence-electron chi connectivity index (χ1n) is 10.5. The number of aromatic amines is 1. The Hall–Kier alpha value is -4.23. The molecule has 0 saturated carbocycles. The molecule has 0 saturated heterocycles. The lowest BCUT2D eigenvalue weighted by molar-refractivity contribution is 0.0593. The molecule has 0 fully saturated rings. The van der Waals surface area contributed by atoms with Gasteiger partial charge in [0, 0.05) is 22.9 Å². The number of methoxy groups -OCH3 is 1. The fraction of sp³-hybridized carbons (Fsp3) is 0.0769. The average Bonchev–Trinajstić information content (AvgIpc) is 2.88. The molecule has 2 heterocycles. The molecule has 0 aliphatic carbocycles. The quantitative estimate of drug-likeness (QED) is 0.343. The molecule has 2 N–H and O–H groups in total. The van der Waals surface area contributed by atoms with Crippen molar-refractivity contribution in [3.05, 3.63) is 99.6 Å². The van der Waals surface area contributed by atoms with Crippen LogP contribution in [0.2, 0.25) is 5.02 Å². The normalized spacial score (nSPS) is 11.0. The smallest absolute Gasteiger partial charge is 0.354 e. The highest BCUT2D eigenvalue weighted by Gasteiger charge is 2.21. The Labute approximate surface area is 199 Å². The van der Waals surface area contributed by atoms with Gasteiger partial charge in [-0.25, -0.2) is 14.8 Å². The second kappa shape index (κ2) is 8.96. The molecule has 0 atom stereocenters. The zero-order valence-corrected chi connectivity index (χ0v) is 18.9. The van der Waals surface area contributed by atoms with E-state index in [-0.39, 0.29) is 23.2 Å². The van der Waals surface area contributed by atoms with Gasteiger partial charge in [0.15, 0.2) is 5.43 Å². The third kappa shape index (κ3) is 3.76. The van der Waals surface area contributed by atoms with E-state index in [4.69, 9.17) is 16.3 Å². The Bertz CT molecular complexity index is 1590. The largest absolute Gasteiger partial charge is 0.464 e. The van der Waals surface area contributed by atoms with Crippen LogP contribution in [0.1, 0.15) is 16.1 Å². The molecule has 0 aliphatic rings. The fourth-order valence-electron chi connectivity index (χ4n) is 4.02. The maximum absolute atomic E-state index is 13.6. The molecule has 5 rings (SSSR count). The van der Waals surface area contributed by atoms with Crippen LogP contribution in [0.25, 0.3) is 32.9 Å². The predicted molar refractivity (Wildman–Crippen MR) is 133 cm³/mol. The number of rotatable bonds is 5. The number of esters is 1. The van der Waals surface area contributed by atoms with Gasteiger partial charge in [0.05, 0.1) is 28.7 Å². The molecule has 3 aromatic carbocycles. The molecular weight excluding hydrogens is 452 g/mol. The van der Waals surface area contributed by atoms with E-state index in [0.29, 0.717) is 27.3 Å². The maximum Gasteiger partial charge on any atom is 0.354 e. The summed E-state index contributed by atoms with van der Waals surface area (Å²) in [5.74, 6) is -0.0932. The molecule has 8 heteroatoms. The van der Waals surface area contributed by atoms with Crippen molar-refractivity contribution in [2.45, 2.75) is 6.54 Å². The summed E-state index contributed by atoms with van der Waals surface area (Å²) in [6.07, 6.45) is 1.45. The van der Waals surface area contributed by atoms with Gasteiger partial charge in [-0.1, -0.05) is 54.1 Å². The van der Waals surface area contributed by atoms with Gasteiger partial charge in [-0.15, -0.1) is 0 Å². The number of pyridine rings is 1. The summed E-state index contributed by atoms with van der Waals surface area (Å²) >= 11 is 6.53. The second-order valence-corrected chi connectivity index (χ2v) is 8.01. The maximum atomic E-state index is 13.6. The predicted octanol–water partition coefficient (Wildman–Crippen LogP) is 5.19. The number of para-hydroxylation sites is 1. The first-order valence-corrected chi connectivity index (χ1v) is 10.9. The fourth-order valence-corrected chi connectivity index (χ4v) is 4.29. The molecule has 0 amide bonds. The lowest BCUT2D eigenvalue weighted by atomic mass is 9.99. The summed E-state index contributed by atoms with van der Waals surface area (Å²) in [5.41, 5.74) is 2.71. The van der Waals surface area contributed by atoms with E-state index < -0.39 is 5.97 Å². The van der Waals surface area contributed by atoms with Gasteiger partial charge in [-0.05, 0) is 29.8 Å². The van der Waals surface area contributed by atoms with Crippen molar-refractivity contribution in [3.63, 3.8) is 0 Å². The van der Waals surface area contributed by atoms with Gasteiger partial charge in [-0.2, -0.15) is 0 Å². The number of benzene rings is 3. The first kappa shape index (κ1) is 21.6. The molecule has 7 nitrogen and oxygen atoms in total. The van der Waals surface area contributed by atoms with E-state index in [1.54, 1.807) is 12.1 Å². The molecule has 34 heavy (non-hydrogen) atoms. The number of anilines is 1. The van der Waals surface area contributed by atoms with E-state index in [9.17, 15) is 9.59 Å². The zero-order chi connectivity index (χ0) is 23.7. The molecule has 0 radical (unpaired) electrons. The van der Waals surface area contributed by atoms with Crippen molar-refractivity contribution in [2.75, 3.05) is 12.4 Å². The van der Waals surface area contributed by atoms with Crippen LogP contribution in [0, 0.1) is 0 Å². The van der Waals surface area contributed by atoms with Crippen LogP contribution in [-0.2, 0) is 11.3 Å². The third-order valence-corrected chi connectivity index (χ3v) is 5.97. The first-order chi connectivity index (χ1) is 16.6. The van der Waals surface area contributed by atoms with Crippen molar-refractivity contribution in [1.29, 1.82) is 0 Å². The van der Waals surface area contributed by atoms with E-state index in [2.05, 4.69) is 20.3 Å². The van der Waals surface area contributed by atoms with Gasteiger partial charge in [-0.3, -0.25) is 4.79 Å². The van der Waals surface area contributed by atoms with Gasteiger partial charge in [0.1, 0.15) is 17.8 Å². The van der Waals surface area contributed by atoms with Crippen LogP contribution in [0.4, 0.5) is 5.82 Å². The summed E-state index contributed by atoms with van der Waals surface area (Å²) in [6, 6.07) is 20.3. The standard InChI is InChI=1S/C26H19ClN4O3/c1-34-26(33)23-18(13-28-25-16-9-5-6-10-20(16)29-14-30-25)24(32)17-11-12-19(27)21(22(17)31-23)15-7-3-2-4-8-15/h2-12,14H,13H2,1H3,(H,31,32)(H,28,29,30). The molecular formula is C26H19ClN4O3. The zero-order valence-electron chi connectivity index (χ0n) is 18.1. The molecule has 0 spiro atoms. The molecule has 168 valence electrons. The highest BCUT2D eigenvalue weighted by Crippen LogP contribution is 2.34. The van der Waals surface area contributed by atoms with Crippen molar-refractivity contribution in [1.82, 2.24) is 15.0 Å². The van der Waals surface area contributed by atoms with Gasteiger partial charge < -0.3 is 15.0 Å². The van der Waals surface area contributed by atoms with Crippen molar-refractivity contribution >= 4 is 45.2 Å². The third-order valence-electron chi connectivity index (χ3n) is 5.65. The Morgan fingerprint density at radius 3 is 2.56 bits per heavy atom. The van der Waals surface area contributed by atoms with Crippen LogP contribution in [0.5, 0.6) is 0 Å². The molecule has 2 aromatic heterocycles. The number of nitrogens with zero attached hydrogens (tertiary/aromatic N) is 2. The van der Waals surface area contributed by atoms with Crippen LogP contribution in [-0.4, -0.2) is 28.0 Å². The number of nitrogens with one attached hydrogen (secondary N) is 2. The number of H-pyrrole nitrogens is 1. The molecule has 0 unspecified atom stereocenters. The highest BCUT2D eigenvalue weighted by atomic mass is 35.5. The number of hydrogen-bond acceptors (Lipinski definition) is 6. The number of carbonyl (C=O) groups is 1. The molecule has 0 aliphatic heterocycles. The Morgan fingerprint density at radius 2 is 1.76 bits per heavy atom. The minimum atomic E-state index is -0.651. The van der Waals surface area contributed by atoms with E-state index in [1.165, 1.54) is 13.4 Å². The summed E-state index contributed by atoms with van der Waals surface area (Å²) in [7, 11) is 1.27. The molecule has 0 bridgehead atoms. The van der Waals surface area contributed by atoms with Crippen molar-refractivity contribution in [3.8, 4) is 11.1 Å². The van der Waals surface area contributed by atoms with Crippen LogP contribution < -0.4 is 10.7 Å². The monoisotopic (exact) mass is 470 g/mol. The lowest BCUT2D eigenvalue weighted by Gasteiger charge is -2.15. The summed E-state index contributed by atoms with van der Waals surface area (Å²) in [5, 5.41) is 4.87. The Kier molecular flexibility index (Phi) is 5.69.